The maximum atomic E-state index is 12.7. The van der Waals surface area contributed by atoms with E-state index < -0.39 is 0 Å². The molecule has 1 amide bonds. The van der Waals surface area contributed by atoms with Gasteiger partial charge < -0.3 is 18.9 Å². The van der Waals surface area contributed by atoms with Crippen molar-refractivity contribution in [1.82, 2.24) is 14.5 Å². The molecule has 2 fully saturated rings. The standard InChI is InChI=1S/C18H21N3O3/c1-20-8-3-5-16(20)17(22)21-9-6-18(13-21)10-15(12-23-18)24-14-4-2-7-19-11-14/h2-5,7-8,11,15H,6,9-10,12-13H2,1H3. The van der Waals surface area contributed by atoms with Crippen molar-refractivity contribution in [3.05, 3.63) is 48.5 Å². The van der Waals surface area contributed by atoms with Crippen LogP contribution in [0.4, 0.5) is 0 Å². The zero-order valence-electron chi connectivity index (χ0n) is 13.7. The van der Waals surface area contributed by atoms with Gasteiger partial charge >= 0.3 is 0 Å². The molecule has 4 heterocycles. The number of rotatable bonds is 3. The van der Waals surface area contributed by atoms with Crippen LogP contribution in [0.1, 0.15) is 23.3 Å². The fraction of sp³-hybridized carbons (Fsp3) is 0.444. The minimum absolute atomic E-state index is 0.0132. The number of nitrogens with zero attached hydrogens (tertiary/aromatic N) is 3. The Morgan fingerprint density at radius 1 is 1.42 bits per heavy atom. The highest BCUT2D eigenvalue weighted by Crippen LogP contribution is 2.37. The zero-order valence-corrected chi connectivity index (χ0v) is 13.7. The number of ether oxygens (including phenoxy) is 2. The number of aromatic nitrogens is 2. The Hall–Kier alpha value is -2.34. The third kappa shape index (κ3) is 2.78. The number of hydrogen-bond donors (Lipinski definition) is 0. The molecule has 0 radical (unpaired) electrons. The van der Waals surface area contributed by atoms with Crippen LogP contribution in [0.25, 0.3) is 0 Å². The fourth-order valence-electron chi connectivity index (χ4n) is 3.64. The molecule has 2 aromatic rings. The maximum absolute atomic E-state index is 12.7. The fourth-order valence-corrected chi connectivity index (χ4v) is 3.64. The first-order valence-electron chi connectivity index (χ1n) is 8.26. The van der Waals surface area contributed by atoms with Crippen molar-refractivity contribution in [2.45, 2.75) is 24.5 Å². The van der Waals surface area contributed by atoms with Crippen LogP contribution in [0, 0.1) is 0 Å². The van der Waals surface area contributed by atoms with Crippen LogP contribution in [0.3, 0.4) is 0 Å². The van der Waals surface area contributed by atoms with Crippen LogP contribution in [0.5, 0.6) is 5.75 Å². The Morgan fingerprint density at radius 3 is 3.08 bits per heavy atom. The van der Waals surface area contributed by atoms with Gasteiger partial charge in [0.2, 0.25) is 0 Å². The number of carbonyl (C=O) groups is 1. The molecule has 2 aliphatic heterocycles. The summed E-state index contributed by atoms with van der Waals surface area (Å²) in [5, 5.41) is 0. The van der Waals surface area contributed by atoms with Crippen LogP contribution in [0.2, 0.25) is 0 Å². The molecule has 4 rings (SSSR count). The van der Waals surface area contributed by atoms with Crippen molar-refractivity contribution in [2.24, 2.45) is 7.05 Å². The molecule has 2 atom stereocenters. The highest BCUT2D eigenvalue weighted by Gasteiger charge is 2.47. The maximum Gasteiger partial charge on any atom is 0.270 e. The van der Waals surface area contributed by atoms with Crippen LogP contribution in [-0.4, -0.2) is 51.8 Å². The first kappa shape index (κ1) is 15.2. The predicted molar refractivity (Wildman–Crippen MR) is 87.9 cm³/mol. The van der Waals surface area contributed by atoms with E-state index in [1.165, 1.54) is 0 Å². The normalized spacial score (nSPS) is 26.2. The lowest BCUT2D eigenvalue weighted by Gasteiger charge is -2.23. The molecular formula is C18H21N3O3. The zero-order chi connectivity index (χ0) is 16.6. The number of pyridine rings is 1. The summed E-state index contributed by atoms with van der Waals surface area (Å²) in [7, 11) is 1.89. The van der Waals surface area contributed by atoms with Gasteiger partial charge in [0.05, 0.1) is 24.9 Å². The largest absolute Gasteiger partial charge is 0.486 e. The van der Waals surface area contributed by atoms with Crippen molar-refractivity contribution >= 4 is 5.91 Å². The molecular weight excluding hydrogens is 306 g/mol. The SMILES string of the molecule is Cn1cccc1C(=O)N1CCC2(CC(Oc3cccnc3)CO2)C1. The Labute approximate surface area is 141 Å². The first-order valence-corrected chi connectivity index (χ1v) is 8.26. The smallest absolute Gasteiger partial charge is 0.270 e. The van der Waals surface area contributed by atoms with Crippen LogP contribution < -0.4 is 4.74 Å². The molecule has 0 aliphatic carbocycles. The van der Waals surface area contributed by atoms with Gasteiger partial charge in [0.1, 0.15) is 17.5 Å². The summed E-state index contributed by atoms with van der Waals surface area (Å²) in [6, 6.07) is 7.51. The summed E-state index contributed by atoms with van der Waals surface area (Å²) < 4.78 is 13.9. The predicted octanol–water partition coefficient (Wildman–Crippen LogP) is 1.87. The van der Waals surface area contributed by atoms with E-state index in [9.17, 15) is 4.79 Å². The van der Waals surface area contributed by atoms with Gasteiger partial charge in [0.25, 0.3) is 5.91 Å². The number of aryl methyl sites for hydroxylation is 1. The van der Waals surface area contributed by atoms with Gasteiger partial charge in [-0.3, -0.25) is 9.78 Å². The molecule has 6 nitrogen and oxygen atoms in total. The summed E-state index contributed by atoms with van der Waals surface area (Å²) in [5.74, 6) is 0.831. The van der Waals surface area contributed by atoms with Crippen LogP contribution in [-0.2, 0) is 11.8 Å². The van der Waals surface area contributed by atoms with Crippen molar-refractivity contribution < 1.29 is 14.3 Å². The van der Waals surface area contributed by atoms with Crippen molar-refractivity contribution in [3.8, 4) is 5.75 Å². The second-order valence-electron chi connectivity index (χ2n) is 6.61. The number of carbonyl (C=O) groups excluding carboxylic acids is 1. The third-order valence-corrected chi connectivity index (χ3v) is 4.88. The number of amides is 1. The number of hydrogen-bond acceptors (Lipinski definition) is 4. The third-order valence-electron chi connectivity index (χ3n) is 4.88. The second kappa shape index (κ2) is 5.94. The summed E-state index contributed by atoms with van der Waals surface area (Å²) in [6.45, 7) is 1.91. The van der Waals surface area contributed by atoms with Crippen molar-refractivity contribution in [2.75, 3.05) is 19.7 Å². The second-order valence-corrected chi connectivity index (χ2v) is 6.61. The van der Waals surface area contributed by atoms with Gasteiger partial charge in [-0.05, 0) is 30.7 Å². The Morgan fingerprint density at radius 2 is 2.33 bits per heavy atom. The van der Waals surface area contributed by atoms with E-state index in [-0.39, 0.29) is 17.6 Å². The highest BCUT2D eigenvalue weighted by molar-refractivity contribution is 5.93. The lowest BCUT2D eigenvalue weighted by molar-refractivity contribution is 0.00985. The van der Waals surface area contributed by atoms with Crippen molar-refractivity contribution in [3.63, 3.8) is 0 Å². The van der Waals surface area contributed by atoms with Gasteiger partial charge in [-0.25, -0.2) is 0 Å². The average molecular weight is 327 g/mol. The molecule has 2 unspecified atom stereocenters. The topological polar surface area (TPSA) is 56.6 Å². The van der Waals surface area contributed by atoms with Gasteiger partial charge in [0, 0.05) is 32.4 Å². The Bertz CT molecular complexity index is 730. The molecule has 2 saturated heterocycles. The van der Waals surface area contributed by atoms with E-state index in [0.717, 1.165) is 25.1 Å². The lowest BCUT2D eigenvalue weighted by atomic mass is 9.98. The molecule has 1 spiro atoms. The van der Waals surface area contributed by atoms with E-state index in [0.29, 0.717) is 18.8 Å². The molecule has 6 heteroatoms. The van der Waals surface area contributed by atoms with E-state index >= 15 is 0 Å². The molecule has 0 bridgehead atoms. The van der Waals surface area contributed by atoms with E-state index in [4.69, 9.17) is 9.47 Å². The Kier molecular flexibility index (Phi) is 3.76. The number of likely N-dealkylation sites (tertiary alicyclic amines) is 1. The van der Waals surface area contributed by atoms with Crippen molar-refractivity contribution in [1.29, 1.82) is 0 Å². The van der Waals surface area contributed by atoms with Crippen LogP contribution in [0.15, 0.2) is 42.9 Å². The molecule has 0 N–H and O–H groups in total. The van der Waals surface area contributed by atoms with Gasteiger partial charge in [-0.2, -0.15) is 0 Å². The minimum Gasteiger partial charge on any atom is -0.486 e. The minimum atomic E-state index is -0.270. The molecule has 2 aliphatic rings. The highest BCUT2D eigenvalue weighted by atomic mass is 16.6. The monoisotopic (exact) mass is 327 g/mol. The summed E-state index contributed by atoms with van der Waals surface area (Å²) in [4.78, 5) is 18.6. The summed E-state index contributed by atoms with van der Waals surface area (Å²) in [5.41, 5.74) is 0.446. The van der Waals surface area contributed by atoms with E-state index in [1.807, 2.05) is 47.0 Å². The quantitative estimate of drug-likeness (QED) is 0.864. The van der Waals surface area contributed by atoms with Gasteiger partial charge in [-0.15, -0.1) is 0 Å². The first-order chi connectivity index (χ1) is 11.7. The molecule has 0 saturated carbocycles. The van der Waals surface area contributed by atoms with E-state index in [1.54, 1.807) is 12.4 Å². The molecule has 24 heavy (non-hydrogen) atoms. The molecule has 2 aromatic heterocycles. The van der Waals surface area contributed by atoms with Gasteiger partial charge in [-0.1, -0.05) is 0 Å². The average Bonchev–Trinajstić information content (AvgIpc) is 3.30. The Balaban J connectivity index is 1.40. The van der Waals surface area contributed by atoms with E-state index in [2.05, 4.69) is 4.98 Å². The summed E-state index contributed by atoms with van der Waals surface area (Å²) in [6.07, 6.45) is 7.01. The molecule has 126 valence electrons. The van der Waals surface area contributed by atoms with Gasteiger partial charge in [0.15, 0.2) is 0 Å². The summed E-state index contributed by atoms with van der Waals surface area (Å²) >= 11 is 0. The van der Waals surface area contributed by atoms with Crippen LogP contribution >= 0.6 is 0 Å². The lowest BCUT2D eigenvalue weighted by Crippen LogP contribution is -2.36. The molecule has 0 aromatic carbocycles.